The first kappa shape index (κ1) is 21.2. The molecule has 6 heteroatoms. The third-order valence-corrected chi connectivity index (χ3v) is 6.14. The number of nitrogens with zero attached hydrogens (tertiary/aromatic N) is 3. The van der Waals surface area contributed by atoms with E-state index >= 15 is 0 Å². The van der Waals surface area contributed by atoms with Gasteiger partial charge in [-0.15, -0.1) is 0 Å². The van der Waals surface area contributed by atoms with E-state index in [1.807, 2.05) is 37.3 Å². The van der Waals surface area contributed by atoms with Crippen LogP contribution in [0.2, 0.25) is 0 Å². The number of aromatic nitrogens is 1. The molecule has 2 aromatic carbocycles. The molecule has 2 heterocycles. The number of halogens is 1. The molecule has 0 bridgehead atoms. The quantitative estimate of drug-likeness (QED) is 0.663. The molecule has 162 valence electrons. The van der Waals surface area contributed by atoms with E-state index in [2.05, 4.69) is 33.1 Å². The van der Waals surface area contributed by atoms with E-state index in [1.165, 1.54) is 12.1 Å². The van der Waals surface area contributed by atoms with E-state index in [0.29, 0.717) is 13.0 Å². The summed E-state index contributed by atoms with van der Waals surface area (Å²) >= 11 is 0. The number of rotatable bonds is 6. The van der Waals surface area contributed by atoms with Crippen molar-refractivity contribution in [3.8, 4) is 0 Å². The minimum absolute atomic E-state index is 0.0354. The predicted octanol–water partition coefficient (Wildman–Crippen LogP) is 3.47. The highest BCUT2D eigenvalue weighted by atomic mass is 19.1. The smallest absolute Gasteiger partial charge is 0.224 e. The Morgan fingerprint density at radius 1 is 1.03 bits per heavy atom. The molecule has 0 radical (unpaired) electrons. The maximum atomic E-state index is 13.1. The summed E-state index contributed by atoms with van der Waals surface area (Å²) in [7, 11) is 0. The van der Waals surface area contributed by atoms with Gasteiger partial charge in [-0.05, 0) is 55.3 Å². The second-order valence-electron chi connectivity index (χ2n) is 8.15. The highest BCUT2D eigenvalue weighted by Crippen LogP contribution is 2.23. The van der Waals surface area contributed by atoms with E-state index in [1.54, 1.807) is 0 Å². The van der Waals surface area contributed by atoms with Gasteiger partial charge in [0.05, 0.1) is 11.9 Å². The fourth-order valence-corrected chi connectivity index (χ4v) is 4.29. The molecular formula is C25H29FN4O. The van der Waals surface area contributed by atoms with E-state index in [0.717, 1.165) is 66.1 Å². The van der Waals surface area contributed by atoms with Crippen molar-refractivity contribution in [2.45, 2.75) is 20.3 Å². The SMILES string of the molecule is Cc1nc2ccccc2c(C)c1CC(=O)NCCN1CCN(c2ccc(F)cc2)CC1. The van der Waals surface area contributed by atoms with Gasteiger partial charge >= 0.3 is 0 Å². The lowest BCUT2D eigenvalue weighted by atomic mass is 9.99. The summed E-state index contributed by atoms with van der Waals surface area (Å²) in [4.78, 5) is 21.9. The number of piperazine rings is 1. The highest BCUT2D eigenvalue weighted by Gasteiger charge is 2.18. The van der Waals surface area contributed by atoms with Gasteiger partial charge in [-0.1, -0.05) is 18.2 Å². The number of amides is 1. The number of hydrogen-bond donors (Lipinski definition) is 1. The van der Waals surface area contributed by atoms with Gasteiger partial charge in [0, 0.05) is 56.0 Å². The molecule has 1 aromatic heterocycles. The average Bonchev–Trinajstić information content (AvgIpc) is 2.78. The maximum absolute atomic E-state index is 13.1. The van der Waals surface area contributed by atoms with Crippen LogP contribution in [0.3, 0.4) is 0 Å². The van der Waals surface area contributed by atoms with Crippen LogP contribution in [0.1, 0.15) is 16.8 Å². The van der Waals surface area contributed by atoms with Crippen molar-refractivity contribution in [1.29, 1.82) is 0 Å². The lowest BCUT2D eigenvalue weighted by Crippen LogP contribution is -2.48. The van der Waals surface area contributed by atoms with E-state index in [-0.39, 0.29) is 11.7 Å². The van der Waals surface area contributed by atoms with Gasteiger partial charge in [-0.2, -0.15) is 0 Å². The number of benzene rings is 2. The molecule has 1 fully saturated rings. The van der Waals surface area contributed by atoms with Gasteiger partial charge in [-0.3, -0.25) is 14.7 Å². The molecule has 31 heavy (non-hydrogen) atoms. The Labute approximate surface area is 182 Å². The van der Waals surface area contributed by atoms with Crippen molar-refractivity contribution < 1.29 is 9.18 Å². The minimum atomic E-state index is -0.206. The van der Waals surface area contributed by atoms with Crippen molar-refractivity contribution in [2.75, 3.05) is 44.2 Å². The number of carbonyl (C=O) groups is 1. The summed E-state index contributed by atoms with van der Waals surface area (Å²) in [5, 5.41) is 4.17. The fraction of sp³-hybridized carbons (Fsp3) is 0.360. The van der Waals surface area contributed by atoms with Crippen LogP contribution in [0.4, 0.5) is 10.1 Å². The van der Waals surface area contributed by atoms with Crippen LogP contribution in [0.5, 0.6) is 0 Å². The van der Waals surface area contributed by atoms with E-state index in [9.17, 15) is 9.18 Å². The van der Waals surface area contributed by atoms with Crippen LogP contribution in [-0.4, -0.2) is 55.1 Å². The van der Waals surface area contributed by atoms with Gasteiger partial charge in [0.2, 0.25) is 5.91 Å². The Kier molecular flexibility index (Phi) is 6.47. The van der Waals surface area contributed by atoms with Crippen molar-refractivity contribution in [3.05, 3.63) is 71.2 Å². The van der Waals surface area contributed by atoms with Crippen molar-refractivity contribution in [3.63, 3.8) is 0 Å². The standard InChI is InChI=1S/C25H29FN4O/c1-18-22-5-3-4-6-24(22)28-19(2)23(18)17-25(31)27-11-12-29-13-15-30(16-14-29)21-9-7-20(26)8-10-21/h3-10H,11-17H2,1-2H3,(H,27,31). The third-order valence-electron chi connectivity index (χ3n) is 6.14. The maximum Gasteiger partial charge on any atom is 0.224 e. The lowest BCUT2D eigenvalue weighted by molar-refractivity contribution is -0.120. The highest BCUT2D eigenvalue weighted by molar-refractivity contribution is 5.86. The summed E-state index contributed by atoms with van der Waals surface area (Å²) in [5.41, 5.74) is 5.10. The number of anilines is 1. The molecular weight excluding hydrogens is 391 g/mol. The number of hydrogen-bond acceptors (Lipinski definition) is 4. The Morgan fingerprint density at radius 2 is 1.74 bits per heavy atom. The van der Waals surface area contributed by atoms with Crippen molar-refractivity contribution in [2.24, 2.45) is 0 Å². The Bertz CT molecular complexity index is 1060. The van der Waals surface area contributed by atoms with Gasteiger partial charge in [0.25, 0.3) is 0 Å². The van der Waals surface area contributed by atoms with Crippen LogP contribution in [-0.2, 0) is 11.2 Å². The summed E-state index contributed by atoms with van der Waals surface area (Å²) in [6, 6.07) is 14.7. The van der Waals surface area contributed by atoms with Crippen LogP contribution < -0.4 is 10.2 Å². The Hall–Kier alpha value is -2.99. The fourth-order valence-electron chi connectivity index (χ4n) is 4.29. The predicted molar refractivity (Wildman–Crippen MR) is 123 cm³/mol. The van der Waals surface area contributed by atoms with Crippen molar-refractivity contribution >= 4 is 22.5 Å². The zero-order valence-corrected chi connectivity index (χ0v) is 18.2. The number of carbonyl (C=O) groups excluding carboxylic acids is 1. The topological polar surface area (TPSA) is 48.5 Å². The first-order valence-corrected chi connectivity index (χ1v) is 10.9. The molecule has 0 saturated carbocycles. The average molecular weight is 421 g/mol. The summed E-state index contributed by atoms with van der Waals surface area (Å²) in [5.74, 6) is -0.170. The van der Waals surface area contributed by atoms with Gasteiger partial charge < -0.3 is 10.2 Å². The van der Waals surface area contributed by atoms with Gasteiger partial charge in [0.15, 0.2) is 0 Å². The van der Waals surface area contributed by atoms with Crippen LogP contribution in [0.25, 0.3) is 10.9 Å². The molecule has 1 amide bonds. The van der Waals surface area contributed by atoms with Gasteiger partial charge in [0.1, 0.15) is 5.82 Å². The largest absolute Gasteiger partial charge is 0.369 e. The molecule has 1 saturated heterocycles. The molecule has 5 nitrogen and oxygen atoms in total. The normalized spacial score (nSPS) is 14.7. The first-order chi connectivity index (χ1) is 15.0. The molecule has 0 unspecified atom stereocenters. The van der Waals surface area contributed by atoms with Crippen LogP contribution >= 0.6 is 0 Å². The third kappa shape index (κ3) is 5.02. The van der Waals surface area contributed by atoms with Crippen molar-refractivity contribution in [1.82, 2.24) is 15.2 Å². The molecule has 3 aromatic rings. The van der Waals surface area contributed by atoms with Crippen LogP contribution in [0, 0.1) is 19.7 Å². The number of pyridine rings is 1. The minimum Gasteiger partial charge on any atom is -0.369 e. The zero-order valence-electron chi connectivity index (χ0n) is 18.2. The molecule has 0 aliphatic carbocycles. The molecule has 4 rings (SSSR count). The summed E-state index contributed by atoms with van der Waals surface area (Å²) in [6.45, 7) is 9.18. The monoisotopic (exact) mass is 420 g/mol. The zero-order chi connectivity index (χ0) is 21.8. The molecule has 0 atom stereocenters. The summed E-state index contributed by atoms with van der Waals surface area (Å²) in [6.07, 6.45) is 0.355. The van der Waals surface area contributed by atoms with Crippen LogP contribution in [0.15, 0.2) is 48.5 Å². The number of para-hydroxylation sites is 1. The lowest BCUT2D eigenvalue weighted by Gasteiger charge is -2.36. The molecule has 1 aliphatic rings. The van der Waals surface area contributed by atoms with E-state index < -0.39 is 0 Å². The number of nitrogens with one attached hydrogen (secondary N) is 1. The molecule has 1 aliphatic heterocycles. The first-order valence-electron chi connectivity index (χ1n) is 10.9. The molecule has 1 N–H and O–H groups in total. The molecule has 0 spiro atoms. The Morgan fingerprint density at radius 3 is 2.48 bits per heavy atom. The number of aryl methyl sites for hydroxylation is 2. The second kappa shape index (κ2) is 9.43. The summed E-state index contributed by atoms with van der Waals surface area (Å²) < 4.78 is 13.1. The van der Waals surface area contributed by atoms with Gasteiger partial charge in [-0.25, -0.2) is 4.39 Å². The van der Waals surface area contributed by atoms with E-state index in [4.69, 9.17) is 0 Å². The number of fused-ring (bicyclic) bond motifs is 1. The Balaban J connectivity index is 1.25. The second-order valence-corrected chi connectivity index (χ2v) is 8.15.